The predicted molar refractivity (Wildman–Crippen MR) is 104 cm³/mol. The van der Waals surface area contributed by atoms with Crippen LogP contribution in [0.15, 0.2) is 61.2 Å². The van der Waals surface area contributed by atoms with E-state index >= 15 is 0 Å². The van der Waals surface area contributed by atoms with Gasteiger partial charge in [0.05, 0.1) is 0 Å². The van der Waals surface area contributed by atoms with E-state index in [1.807, 2.05) is 24.3 Å². The average molecular weight is 353 g/mol. The van der Waals surface area contributed by atoms with Crippen molar-refractivity contribution in [3.05, 3.63) is 66.7 Å². The van der Waals surface area contributed by atoms with Gasteiger partial charge in [0.25, 0.3) is 5.91 Å². The Kier molecular flexibility index (Phi) is 7.24. The number of anilines is 2. The molecule has 3 amide bonds. The average Bonchev–Trinajstić information content (AvgIpc) is 2.66. The Hall–Kier alpha value is -3.28. The Morgan fingerprint density at radius 2 is 1.62 bits per heavy atom. The number of ether oxygens (including phenoxy) is 1. The van der Waals surface area contributed by atoms with Crippen LogP contribution in [0.25, 0.3) is 0 Å². The molecular weight excluding hydrogens is 330 g/mol. The maximum Gasteiger partial charge on any atom is 0.319 e. The van der Waals surface area contributed by atoms with Crippen molar-refractivity contribution in [3.8, 4) is 5.75 Å². The van der Waals surface area contributed by atoms with Crippen LogP contribution in [-0.2, 0) is 11.2 Å². The first kappa shape index (κ1) is 19.1. The summed E-state index contributed by atoms with van der Waals surface area (Å²) in [6, 6.07) is 14.2. The molecule has 3 N–H and O–H groups in total. The zero-order chi connectivity index (χ0) is 18.8. The molecule has 2 aromatic rings. The standard InChI is InChI=1S/C20H23N3O3/c1-3-13-21-20(25)23-17-9-7-16(8-10-17)22-19(24)14-26-18-11-5-15(4-2)6-12-18/h3,5-12H,1,4,13-14H2,2H3,(H,22,24)(H2,21,23,25). The first-order chi connectivity index (χ1) is 12.6. The van der Waals surface area contributed by atoms with Crippen LogP contribution in [0.1, 0.15) is 12.5 Å². The molecule has 136 valence electrons. The molecule has 0 bridgehead atoms. The number of amides is 3. The predicted octanol–water partition coefficient (Wildman–Crippen LogP) is 3.57. The second-order valence-electron chi connectivity index (χ2n) is 5.54. The molecule has 0 aromatic heterocycles. The van der Waals surface area contributed by atoms with Gasteiger partial charge in [-0.1, -0.05) is 25.1 Å². The van der Waals surface area contributed by atoms with Gasteiger partial charge in [-0.25, -0.2) is 4.79 Å². The second kappa shape index (κ2) is 9.88. The van der Waals surface area contributed by atoms with Crippen molar-refractivity contribution in [2.75, 3.05) is 23.8 Å². The molecule has 6 heteroatoms. The van der Waals surface area contributed by atoms with Crippen molar-refractivity contribution in [3.63, 3.8) is 0 Å². The third-order valence-corrected chi connectivity index (χ3v) is 3.54. The van der Waals surface area contributed by atoms with Crippen molar-refractivity contribution in [1.29, 1.82) is 0 Å². The molecule has 0 saturated carbocycles. The minimum atomic E-state index is -0.316. The van der Waals surface area contributed by atoms with Crippen LogP contribution >= 0.6 is 0 Å². The van der Waals surface area contributed by atoms with Gasteiger partial charge in [-0.3, -0.25) is 4.79 Å². The lowest BCUT2D eigenvalue weighted by Crippen LogP contribution is -2.28. The monoisotopic (exact) mass is 353 g/mol. The van der Waals surface area contributed by atoms with Crippen molar-refractivity contribution in [1.82, 2.24) is 5.32 Å². The van der Waals surface area contributed by atoms with E-state index in [1.165, 1.54) is 5.56 Å². The summed E-state index contributed by atoms with van der Waals surface area (Å²) < 4.78 is 5.47. The quantitative estimate of drug-likeness (QED) is 0.635. The summed E-state index contributed by atoms with van der Waals surface area (Å²) in [5.74, 6) is 0.399. The van der Waals surface area contributed by atoms with E-state index in [0.717, 1.165) is 6.42 Å². The van der Waals surface area contributed by atoms with Crippen molar-refractivity contribution in [2.24, 2.45) is 0 Å². The number of carbonyl (C=O) groups excluding carboxylic acids is 2. The number of urea groups is 1. The number of aryl methyl sites for hydroxylation is 1. The fraction of sp³-hybridized carbons (Fsp3) is 0.200. The highest BCUT2D eigenvalue weighted by Gasteiger charge is 2.05. The highest BCUT2D eigenvalue weighted by molar-refractivity contribution is 5.93. The maximum atomic E-state index is 12.0. The summed E-state index contributed by atoms with van der Waals surface area (Å²) in [7, 11) is 0. The molecular formula is C20H23N3O3. The van der Waals surface area contributed by atoms with E-state index in [2.05, 4.69) is 29.5 Å². The summed E-state index contributed by atoms with van der Waals surface area (Å²) in [4.78, 5) is 23.5. The molecule has 2 aromatic carbocycles. The molecule has 0 spiro atoms. The van der Waals surface area contributed by atoms with Crippen LogP contribution in [0.3, 0.4) is 0 Å². The highest BCUT2D eigenvalue weighted by Crippen LogP contribution is 2.15. The molecule has 6 nitrogen and oxygen atoms in total. The molecule has 2 rings (SSSR count). The van der Waals surface area contributed by atoms with Crippen LogP contribution in [0.2, 0.25) is 0 Å². The summed E-state index contributed by atoms with van der Waals surface area (Å²) in [5.41, 5.74) is 2.46. The molecule has 0 atom stereocenters. The van der Waals surface area contributed by atoms with Gasteiger partial charge < -0.3 is 20.7 Å². The molecule has 0 aliphatic rings. The zero-order valence-electron chi connectivity index (χ0n) is 14.7. The largest absolute Gasteiger partial charge is 0.484 e. The van der Waals surface area contributed by atoms with E-state index in [1.54, 1.807) is 30.3 Å². The minimum Gasteiger partial charge on any atom is -0.484 e. The van der Waals surface area contributed by atoms with Gasteiger partial charge in [0.2, 0.25) is 0 Å². The SMILES string of the molecule is C=CCNC(=O)Nc1ccc(NC(=O)COc2ccc(CC)cc2)cc1. The highest BCUT2D eigenvalue weighted by atomic mass is 16.5. The van der Waals surface area contributed by atoms with Gasteiger partial charge in [-0.15, -0.1) is 6.58 Å². The normalized spacial score (nSPS) is 9.88. The first-order valence-electron chi connectivity index (χ1n) is 8.38. The number of hydrogen-bond acceptors (Lipinski definition) is 3. The van der Waals surface area contributed by atoms with E-state index in [0.29, 0.717) is 23.7 Å². The maximum absolute atomic E-state index is 12.0. The summed E-state index contributed by atoms with van der Waals surface area (Å²) in [6.45, 7) is 5.93. The molecule has 0 heterocycles. The Balaban J connectivity index is 1.79. The molecule has 26 heavy (non-hydrogen) atoms. The zero-order valence-corrected chi connectivity index (χ0v) is 14.7. The molecule has 0 radical (unpaired) electrons. The fourth-order valence-corrected chi connectivity index (χ4v) is 2.14. The lowest BCUT2D eigenvalue weighted by atomic mass is 10.2. The summed E-state index contributed by atoms with van der Waals surface area (Å²) >= 11 is 0. The Bertz CT molecular complexity index is 740. The van der Waals surface area contributed by atoms with Crippen LogP contribution in [0.5, 0.6) is 5.75 Å². The molecule has 0 aliphatic carbocycles. The Morgan fingerprint density at radius 3 is 2.19 bits per heavy atom. The lowest BCUT2D eigenvalue weighted by molar-refractivity contribution is -0.118. The Labute approximate surface area is 153 Å². The van der Waals surface area contributed by atoms with E-state index in [4.69, 9.17) is 4.74 Å². The van der Waals surface area contributed by atoms with Crippen molar-refractivity contribution >= 4 is 23.3 Å². The van der Waals surface area contributed by atoms with Crippen LogP contribution in [-0.4, -0.2) is 25.1 Å². The number of rotatable bonds is 8. The van der Waals surface area contributed by atoms with Gasteiger partial charge in [-0.05, 0) is 48.4 Å². The molecule has 0 unspecified atom stereocenters. The van der Waals surface area contributed by atoms with Gasteiger partial charge in [0.15, 0.2) is 6.61 Å². The van der Waals surface area contributed by atoms with Crippen molar-refractivity contribution in [2.45, 2.75) is 13.3 Å². The Morgan fingerprint density at radius 1 is 1.00 bits per heavy atom. The van der Waals surface area contributed by atoms with Gasteiger partial charge in [0, 0.05) is 17.9 Å². The van der Waals surface area contributed by atoms with Crippen LogP contribution in [0, 0.1) is 0 Å². The van der Waals surface area contributed by atoms with Crippen LogP contribution in [0.4, 0.5) is 16.2 Å². The topological polar surface area (TPSA) is 79.5 Å². The summed E-state index contributed by atoms with van der Waals surface area (Å²) in [5, 5.41) is 8.03. The van der Waals surface area contributed by atoms with Crippen molar-refractivity contribution < 1.29 is 14.3 Å². The number of nitrogens with one attached hydrogen (secondary N) is 3. The molecule has 0 saturated heterocycles. The molecule has 0 aliphatic heterocycles. The van der Waals surface area contributed by atoms with Gasteiger partial charge in [-0.2, -0.15) is 0 Å². The third-order valence-electron chi connectivity index (χ3n) is 3.54. The fourth-order valence-electron chi connectivity index (χ4n) is 2.14. The summed E-state index contributed by atoms with van der Waals surface area (Å²) in [6.07, 6.45) is 2.56. The molecule has 0 fully saturated rings. The number of hydrogen-bond donors (Lipinski definition) is 3. The van der Waals surface area contributed by atoms with E-state index in [9.17, 15) is 9.59 Å². The lowest BCUT2D eigenvalue weighted by Gasteiger charge is -2.09. The second-order valence-corrected chi connectivity index (χ2v) is 5.54. The van der Waals surface area contributed by atoms with Crippen LogP contribution < -0.4 is 20.7 Å². The first-order valence-corrected chi connectivity index (χ1v) is 8.38. The van der Waals surface area contributed by atoms with Gasteiger partial charge >= 0.3 is 6.03 Å². The smallest absolute Gasteiger partial charge is 0.319 e. The van der Waals surface area contributed by atoms with Gasteiger partial charge in [0.1, 0.15) is 5.75 Å². The number of carbonyl (C=O) groups is 2. The minimum absolute atomic E-state index is 0.0740. The van der Waals surface area contributed by atoms with E-state index in [-0.39, 0.29) is 18.5 Å². The number of benzene rings is 2. The van der Waals surface area contributed by atoms with E-state index < -0.39 is 0 Å². The third kappa shape index (κ3) is 6.32.